The lowest BCUT2D eigenvalue weighted by atomic mass is 10.1. The predicted octanol–water partition coefficient (Wildman–Crippen LogP) is 3.73. The Balaban J connectivity index is 0.00000364. The second kappa shape index (κ2) is 12.0. The molecule has 0 aliphatic heterocycles. The van der Waals surface area contributed by atoms with Crippen molar-refractivity contribution in [2.24, 2.45) is 4.99 Å². The maximum absolute atomic E-state index is 10.5. The van der Waals surface area contributed by atoms with Crippen LogP contribution in [0.2, 0.25) is 0 Å². The minimum Gasteiger partial charge on any atom is -0.497 e. The molecular weight excluding hydrogens is 477 g/mol. The Hall–Kier alpha value is -1.52. The highest BCUT2D eigenvalue weighted by molar-refractivity contribution is 14.0. The Morgan fingerprint density at radius 1 is 1.22 bits per heavy atom. The van der Waals surface area contributed by atoms with E-state index < -0.39 is 6.10 Å². The second-order valence-electron chi connectivity index (χ2n) is 5.76. The van der Waals surface area contributed by atoms with E-state index in [0.29, 0.717) is 23.0 Å². The van der Waals surface area contributed by atoms with E-state index >= 15 is 0 Å². The highest BCUT2D eigenvalue weighted by Crippen LogP contribution is 2.26. The number of nitrogens with one attached hydrogen (secondary N) is 2. The number of guanidine groups is 1. The van der Waals surface area contributed by atoms with Crippen LogP contribution in [0.25, 0.3) is 0 Å². The summed E-state index contributed by atoms with van der Waals surface area (Å²) in [6.45, 7) is 5.06. The number of aliphatic imine (C=N–C) groups is 1. The Morgan fingerprint density at radius 2 is 1.89 bits per heavy atom. The number of aliphatic hydroxyl groups excluding tert-OH is 1. The van der Waals surface area contributed by atoms with Crippen molar-refractivity contribution in [3.05, 3.63) is 46.2 Å². The third-order valence-corrected chi connectivity index (χ3v) is 4.90. The first kappa shape index (κ1) is 23.5. The molecule has 2 atom stereocenters. The molecule has 3 N–H and O–H groups in total. The number of ether oxygens (including phenoxy) is 2. The summed E-state index contributed by atoms with van der Waals surface area (Å²) in [6, 6.07) is 9.61. The number of hydrogen-bond acceptors (Lipinski definition) is 5. The van der Waals surface area contributed by atoms with Gasteiger partial charge in [-0.15, -0.1) is 35.3 Å². The van der Waals surface area contributed by atoms with Gasteiger partial charge in [-0.2, -0.15) is 0 Å². The number of methoxy groups -OCH3 is 2. The topological polar surface area (TPSA) is 75.1 Å². The van der Waals surface area contributed by atoms with Crippen LogP contribution < -0.4 is 20.1 Å². The molecule has 0 aliphatic rings. The van der Waals surface area contributed by atoms with Gasteiger partial charge in [0.15, 0.2) is 5.96 Å². The maximum Gasteiger partial charge on any atom is 0.191 e. The summed E-state index contributed by atoms with van der Waals surface area (Å²) < 4.78 is 10.5. The number of thiophene rings is 1. The zero-order chi connectivity index (χ0) is 18.9. The molecular formula is C19H28IN3O3S. The first-order valence-corrected chi connectivity index (χ1v) is 9.44. The third-order valence-electron chi connectivity index (χ3n) is 3.85. The minimum absolute atomic E-state index is 0. The molecule has 0 fully saturated rings. The van der Waals surface area contributed by atoms with Gasteiger partial charge in [-0.1, -0.05) is 6.07 Å². The first-order chi connectivity index (χ1) is 12.6. The Kier molecular flexibility index (Phi) is 10.5. The van der Waals surface area contributed by atoms with Crippen LogP contribution in [-0.4, -0.2) is 38.4 Å². The van der Waals surface area contributed by atoms with Crippen molar-refractivity contribution in [3.63, 3.8) is 0 Å². The quantitative estimate of drug-likeness (QED) is 0.290. The van der Waals surface area contributed by atoms with Gasteiger partial charge in [0.1, 0.15) is 11.5 Å². The van der Waals surface area contributed by atoms with Crippen molar-refractivity contribution < 1.29 is 14.6 Å². The van der Waals surface area contributed by atoms with Gasteiger partial charge in [0, 0.05) is 17.5 Å². The summed E-state index contributed by atoms with van der Waals surface area (Å²) in [5.74, 6) is 1.94. The van der Waals surface area contributed by atoms with E-state index in [4.69, 9.17) is 9.47 Å². The fourth-order valence-electron chi connectivity index (χ4n) is 2.44. The van der Waals surface area contributed by atoms with E-state index in [0.717, 1.165) is 6.54 Å². The molecule has 1 aromatic carbocycles. The highest BCUT2D eigenvalue weighted by atomic mass is 127. The van der Waals surface area contributed by atoms with E-state index in [2.05, 4.69) is 34.0 Å². The molecule has 0 amide bonds. The predicted molar refractivity (Wildman–Crippen MR) is 122 cm³/mol. The van der Waals surface area contributed by atoms with Crippen LogP contribution in [0.5, 0.6) is 11.5 Å². The lowest BCUT2D eigenvalue weighted by molar-refractivity contribution is 0.186. The molecule has 0 saturated heterocycles. The van der Waals surface area contributed by atoms with E-state index in [1.807, 2.05) is 13.0 Å². The summed E-state index contributed by atoms with van der Waals surface area (Å²) in [7, 11) is 3.17. The monoisotopic (exact) mass is 505 g/mol. The summed E-state index contributed by atoms with van der Waals surface area (Å²) >= 11 is 1.70. The molecule has 150 valence electrons. The van der Waals surface area contributed by atoms with Gasteiger partial charge in [0.2, 0.25) is 0 Å². The molecule has 0 aliphatic carbocycles. The number of nitrogens with zero attached hydrogens (tertiary/aromatic N) is 1. The van der Waals surface area contributed by atoms with Gasteiger partial charge >= 0.3 is 0 Å². The van der Waals surface area contributed by atoms with E-state index in [9.17, 15) is 5.11 Å². The van der Waals surface area contributed by atoms with Crippen LogP contribution in [0, 0.1) is 0 Å². The average Bonchev–Trinajstić information content (AvgIpc) is 3.20. The van der Waals surface area contributed by atoms with Crippen LogP contribution >= 0.6 is 35.3 Å². The fourth-order valence-corrected chi connectivity index (χ4v) is 3.17. The molecule has 0 radical (unpaired) electrons. The molecule has 0 spiro atoms. The molecule has 0 bridgehead atoms. The Bertz CT molecular complexity index is 688. The minimum atomic E-state index is -0.758. The van der Waals surface area contributed by atoms with E-state index in [1.165, 1.54) is 4.88 Å². The second-order valence-corrected chi connectivity index (χ2v) is 6.74. The molecule has 2 aromatic rings. The van der Waals surface area contributed by atoms with E-state index in [-0.39, 0.29) is 36.6 Å². The van der Waals surface area contributed by atoms with Crippen LogP contribution in [0.1, 0.15) is 36.4 Å². The SMILES string of the molecule is CCNC(=NCC(O)c1cc(OC)cc(OC)c1)NC(C)c1cccs1.I. The van der Waals surface area contributed by atoms with Crippen LogP contribution in [-0.2, 0) is 0 Å². The largest absolute Gasteiger partial charge is 0.497 e. The van der Waals surface area contributed by atoms with Crippen LogP contribution in [0.15, 0.2) is 40.7 Å². The maximum atomic E-state index is 10.5. The summed E-state index contributed by atoms with van der Waals surface area (Å²) in [4.78, 5) is 5.75. The molecule has 6 nitrogen and oxygen atoms in total. The Labute approximate surface area is 182 Å². The molecule has 8 heteroatoms. The molecule has 1 aromatic heterocycles. The van der Waals surface area contributed by atoms with E-state index in [1.54, 1.807) is 43.8 Å². The standard InChI is InChI=1S/C19H27N3O3S.HI/c1-5-20-19(22-13(2)18-7-6-8-26-18)21-12-17(23)14-9-15(24-3)11-16(10-14)25-4;/h6-11,13,17,23H,5,12H2,1-4H3,(H2,20,21,22);1H. The number of benzene rings is 1. The summed E-state index contributed by atoms with van der Waals surface area (Å²) in [5, 5.41) is 19.1. The number of hydrogen-bond donors (Lipinski definition) is 3. The summed E-state index contributed by atoms with van der Waals surface area (Å²) in [5.41, 5.74) is 0.701. The molecule has 2 rings (SSSR count). The van der Waals surface area contributed by atoms with Gasteiger partial charge in [0.25, 0.3) is 0 Å². The highest BCUT2D eigenvalue weighted by Gasteiger charge is 2.13. The third kappa shape index (κ3) is 7.19. The van der Waals surface area contributed by atoms with Crippen molar-refractivity contribution in [3.8, 4) is 11.5 Å². The first-order valence-electron chi connectivity index (χ1n) is 8.56. The lowest BCUT2D eigenvalue weighted by Crippen LogP contribution is -2.38. The summed E-state index contributed by atoms with van der Waals surface area (Å²) in [6.07, 6.45) is -0.758. The number of rotatable bonds is 8. The molecule has 2 unspecified atom stereocenters. The van der Waals surface area contributed by atoms with Crippen LogP contribution in [0.3, 0.4) is 0 Å². The van der Waals surface area contributed by atoms with Crippen molar-refractivity contribution in [1.82, 2.24) is 10.6 Å². The fraction of sp³-hybridized carbons (Fsp3) is 0.421. The normalized spacial score (nSPS) is 13.3. The zero-order valence-corrected chi connectivity index (χ0v) is 19.2. The number of aliphatic hydroxyl groups is 1. The molecule has 1 heterocycles. The van der Waals surface area contributed by atoms with Crippen LogP contribution in [0.4, 0.5) is 0 Å². The molecule has 27 heavy (non-hydrogen) atoms. The van der Waals surface area contributed by atoms with Gasteiger partial charge in [-0.3, -0.25) is 4.99 Å². The van der Waals surface area contributed by atoms with Crippen molar-refractivity contribution >= 4 is 41.3 Å². The van der Waals surface area contributed by atoms with Gasteiger partial charge in [0.05, 0.1) is 32.9 Å². The average molecular weight is 505 g/mol. The van der Waals surface area contributed by atoms with Crippen molar-refractivity contribution in [2.45, 2.75) is 26.0 Å². The van der Waals surface area contributed by atoms with Crippen molar-refractivity contribution in [2.75, 3.05) is 27.3 Å². The Morgan fingerprint density at radius 3 is 2.41 bits per heavy atom. The number of halogens is 1. The lowest BCUT2D eigenvalue weighted by Gasteiger charge is -2.18. The van der Waals surface area contributed by atoms with Gasteiger partial charge in [-0.25, -0.2) is 0 Å². The van der Waals surface area contributed by atoms with Crippen molar-refractivity contribution in [1.29, 1.82) is 0 Å². The van der Waals surface area contributed by atoms with Gasteiger partial charge in [-0.05, 0) is 43.0 Å². The zero-order valence-electron chi connectivity index (χ0n) is 16.1. The molecule has 0 saturated carbocycles. The van der Waals surface area contributed by atoms with Gasteiger partial charge < -0.3 is 25.2 Å². The smallest absolute Gasteiger partial charge is 0.191 e.